The molecule has 1 rings (SSSR count). The highest BCUT2D eigenvalue weighted by molar-refractivity contribution is 5.27. The third kappa shape index (κ3) is 1.66. The highest BCUT2D eigenvalue weighted by atomic mass is 19.1. The predicted octanol–water partition coefficient (Wildman–Crippen LogP) is 1.87. The molecule has 0 unspecified atom stereocenters. The first-order valence-electron chi connectivity index (χ1n) is 4.14. The molecule has 1 aromatic rings. The van der Waals surface area contributed by atoms with Gasteiger partial charge in [-0.1, -0.05) is 20.8 Å². The molecule has 0 amide bonds. The molecular formula is C9H15FN2O. The van der Waals surface area contributed by atoms with E-state index in [1.54, 1.807) is 7.05 Å². The fourth-order valence-electron chi connectivity index (χ4n) is 1.41. The summed E-state index contributed by atoms with van der Waals surface area (Å²) in [7, 11) is 3.14. The number of ether oxygens (including phenoxy) is 1. The molecule has 0 fully saturated rings. The first kappa shape index (κ1) is 10.0. The minimum absolute atomic E-state index is 0.169. The van der Waals surface area contributed by atoms with Crippen LogP contribution in [0.2, 0.25) is 0 Å². The summed E-state index contributed by atoms with van der Waals surface area (Å²) in [5.41, 5.74) is 0.602. The van der Waals surface area contributed by atoms with Crippen molar-refractivity contribution in [2.24, 2.45) is 7.05 Å². The summed E-state index contributed by atoms with van der Waals surface area (Å²) in [5.74, 6) is 0.368. The van der Waals surface area contributed by atoms with Crippen LogP contribution in [0.25, 0.3) is 0 Å². The van der Waals surface area contributed by atoms with Crippen molar-refractivity contribution in [3.63, 3.8) is 0 Å². The number of aromatic nitrogens is 2. The number of halogens is 1. The molecular weight excluding hydrogens is 171 g/mol. The average Bonchev–Trinajstić information content (AvgIpc) is 2.26. The van der Waals surface area contributed by atoms with E-state index in [1.807, 2.05) is 20.8 Å². The molecule has 0 saturated heterocycles. The van der Waals surface area contributed by atoms with Crippen molar-refractivity contribution >= 4 is 0 Å². The summed E-state index contributed by atoms with van der Waals surface area (Å²) in [6.45, 7) is 5.98. The molecule has 0 aliphatic carbocycles. The molecule has 0 aromatic carbocycles. The summed E-state index contributed by atoms with van der Waals surface area (Å²) >= 11 is 0. The van der Waals surface area contributed by atoms with E-state index in [9.17, 15) is 4.39 Å². The molecule has 0 N–H and O–H groups in total. The van der Waals surface area contributed by atoms with Gasteiger partial charge >= 0.3 is 0 Å². The third-order valence-corrected chi connectivity index (χ3v) is 1.91. The summed E-state index contributed by atoms with van der Waals surface area (Å²) < 4.78 is 19.5. The average molecular weight is 186 g/mol. The lowest BCUT2D eigenvalue weighted by atomic mass is 9.92. The van der Waals surface area contributed by atoms with Crippen LogP contribution in [0.4, 0.5) is 4.39 Å². The Balaban J connectivity index is 3.33. The Morgan fingerprint density at radius 1 is 1.38 bits per heavy atom. The number of hydrogen-bond acceptors (Lipinski definition) is 2. The van der Waals surface area contributed by atoms with Gasteiger partial charge in [-0.2, -0.15) is 9.37 Å². The maximum atomic E-state index is 13.1. The lowest BCUT2D eigenvalue weighted by Gasteiger charge is -2.19. The highest BCUT2D eigenvalue weighted by Crippen LogP contribution is 2.30. The van der Waals surface area contributed by atoms with Gasteiger partial charge in [0.05, 0.1) is 12.8 Å². The highest BCUT2D eigenvalue weighted by Gasteiger charge is 2.26. The van der Waals surface area contributed by atoms with Crippen LogP contribution in [0, 0.1) is 6.08 Å². The number of rotatable bonds is 1. The first-order valence-corrected chi connectivity index (χ1v) is 4.14. The standard InChI is InChI=1S/C9H15FN2O/c1-9(2,3)6-7(13-5)11-8(10)12(6)4/h1-5H3. The number of nitrogens with zero attached hydrogens (tertiary/aromatic N) is 2. The van der Waals surface area contributed by atoms with Crippen molar-refractivity contribution in [1.82, 2.24) is 9.55 Å². The molecule has 0 spiro atoms. The molecule has 4 heteroatoms. The zero-order chi connectivity index (χ0) is 10.2. The Morgan fingerprint density at radius 3 is 2.23 bits per heavy atom. The Hall–Kier alpha value is -1.06. The molecule has 0 bridgehead atoms. The van der Waals surface area contributed by atoms with Gasteiger partial charge in [0.25, 0.3) is 6.08 Å². The fraction of sp³-hybridized carbons (Fsp3) is 0.667. The van der Waals surface area contributed by atoms with E-state index in [-0.39, 0.29) is 5.41 Å². The van der Waals surface area contributed by atoms with E-state index in [2.05, 4.69) is 4.98 Å². The van der Waals surface area contributed by atoms with Gasteiger partial charge in [-0.25, -0.2) is 0 Å². The van der Waals surface area contributed by atoms with Crippen LogP contribution in [-0.2, 0) is 12.5 Å². The van der Waals surface area contributed by atoms with Crippen molar-refractivity contribution in [1.29, 1.82) is 0 Å². The summed E-state index contributed by atoms with van der Waals surface area (Å²) in [6, 6.07) is 0. The van der Waals surface area contributed by atoms with Crippen LogP contribution < -0.4 is 4.74 Å². The second-order valence-corrected chi connectivity index (χ2v) is 4.05. The lowest BCUT2D eigenvalue weighted by Crippen LogP contribution is -2.17. The number of methoxy groups -OCH3 is 1. The third-order valence-electron chi connectivity index (χ3n) is 1.91. The monoisotopic (exact) mass is 186 g/mol. The van der Waals surface area contributed by atoms with E-state index in [0.717, 1.165) is 5.69 Å². The minimum atomic E-state index is -0.512. The van der Waals surface area contributed by atoms with E-state index in [1.165, 1.54) is 11.7 Å². The Morgan fingerprint density at radius 2 is 1.92 bits per heavy atom. The largest absolute Gasteiger partial charge is 0.480 e. The second-order valence-electron chi connectivity index (χ2n) is 4.05. The molecule has 0 aliphatic heterocycles. The van der Waals surface area contributed by atoms with Crippen LogP contribution >= 0.6 is 0 Å². The molecule has 13 heavy (non-hydrogen) atoms. The van der Waals surface area contributed by atoms with Crippen molar-refractivity contribution in [3.05, 3.63) is 11.8 Å². The molecule has 0 radical (unpaired) electrons. The molecule has 1 heterocycles. The summed E-state index contributed by atoms with van der Waals surface area (Å²) in [4.78, 5) is 3.67. The zero-order valence-corrected chi connectivity index (χ0v) is 8.68. The summed E-state index contributed by atoms with van der Waals surface area (Å²) in [5, 5.41) is 0. The molecule has 0 aliphatic rings. The second kappa shape index (κ2) is 3.01. The quantitative estimate of drug-likeness (QED) is 0.669. The number of imidazole rings is 1. The predicted molar refractivity (Wildman–Crippen MR) is 48.4 cm³/mol. The Bertz CT molecular complexity index is 312. The first-order chi connectivity index (χ1) is 5.88. The van der Waals surface area contributed by atoms with Gasteiger partial charge < -0.3 is 9.30 Å². The van der Waals surface area contributed by atoms with Gasteiger partial charge in [-0.15, -0.1) is 0 Å². The fourth-order valence-corrected chi connectivity index (χ4v) is 1.41. The van der Waals surface area contributed by atoms with Gasteiger partial charge in [0.2, 0.25) is 5.88 Å². The van der Waals surface area contributed by atoms with E-state index in [4.69, 9.17) is 4.74 Å². The van der Waals surface area contributed by atoms with Crippen molar-refractivity contribution in [3.8, 4) is 5.88 Å². The molecule has 74 valence electrons. The molecule has 1 aromatic heterocycles. The Labute approximate surface area is 77.5 Å². The van der Waals surface area contributed by atoms with Gasteiger partial charge in [0, 0.05) is 12.5 Å². The SMILES string of the molecule is COc1nc(F)n(C)c1C(C)(C)C. The smallest absolute Gasteiger partial charge is 0.292 e. The van der Waals surface area contributed by atoms with Crippen molar-refractivity contribution in [2.45, 2.75) is 26.2 Å². The topological polar surface area (TPSA) is 27.1 Å². The minimum Gasteiger partial charge on any atom is -0.480 e. The van der Waals surface area contributed by atoms with Gasteiger partial charge in [0.1, 0.15) is 0 Å². The van der Waals surface area contributed by atoms with Gasteiger partial charge in [-0.3, -0.25) is 0 Å². The zero-order valence-electron chi connectivity index (χ0n) is 8.68. The van der Waals surface area contributed by atoms with Crippen LogP contribution in [0.3, 0.4) is 0 Å². The molecule has 3 nitrogen and oxygen atoms in total. The molecule has 0 atom stereocenters. The van der Waals surface area contributed by atoms with Crippen LogP contribution in [0.5, 0.6) is 5.88 Å². The van der Waals surface area contributed by atoms with Crippen LogP contribution in [0.15, 0.2) is 0 Å². The van der Waals surface area contributed by atoms with Crippen molar-refractivity contribution in [2.75, 3.05) is 7.11 Å². The maximum Gasteiger partial charge on any atom is 0.292 e. The van der Waals surface area contributed by atoms with E-state index >= 15 is 0 Å². The Kier molecular flexibility index (Phi) is 2.32. The number of hydrogen-bond donors (Lipinski definition) is 0. The van der Waals surface area contributed by atoms with Gasteiger partial charge in [-0.05, 0) is 0 Å². The van der Waals surface area contributed by atoms with Crippen LogP contribution in [0.1, 0.15) is 26.5 Å². The van der Waals surface area contributed by atoms with Gasteiger partial charge in [0.15, 0.2) is 0 Å². The van der Waals surface area contributed by atoms with Crippen molar-refractivity contribution < 1.29 is 9.13 Å². The van der Waals surface area contributed by atoms with Crippen LogP contribution in [-0.4, -0.2) is 16.7 Å². The lowest BCUT2D eigenvalue weighted by molar-refractivity contribution is 0.379. The normalized spacial score (nSPS) is 11.8. The molecule has 0 saturated carbocycles. The summed E-state index contributed by atoms with van der Waals surface area (Å²) in [6.07, 6.45) is -0.512. The maximum absolute atomic E-state index is 13.1. The van der Waals surface area contributed by atoms with E-state index in [0.29, 0.717) is 5.88 Å². The van der Waals surface area contributed by atoms with E-state index < -0.39 is 6.08 Å².